The minimum Gasteiger partial charge on any atom is -0.399 e. The number of benzene rings is 1. The quantitative estimate of drug-likeness (QED) is 0.671. The lowest BCUT2D eigenvalue weighted by molar-refractivity contribution is 0.0598. The van der Waals surface area contributed by atoms with Gasteiger partial charge in [0.2, 0.25) is 0 Å². The first-order valence-electron chi connectivity index (χ1n) is 8.47. The van der Waals surface area contributed by atoms with Gasteiger partial charge < -0.3 is 5.73 Å². The van der Waals surface area contributed by atoms with Gasteiger partial charge in [-0.05, 0) is 91.4 Å². The summed E-state index contributed by atoms with van der Waals surface area (Å²) in [7, 11) is 0. The monoisotopic (exact) mass is 269 g/mol. The number of fused-ring (bicyclic) bond motifs is 5. The average molecular weight is 269 g/mol. The summed E-state index contributed by atoms with van der Waals surface area (Å²) < 4.78 is 0. The Kier molecular flexibility index (Phi) is 2.71. The van der Waals surface area contributed by atoms with Crippen LogP contribution >= 0.6 is 0 Å². The van der Waals surface area contributed by atoms with Crippen LogP contribution in [0.5, 0.6) is 0 Å². The topological polar surface area (TPSA) is 26.0 Å². The van der Waals surface area contributed by atoms with E-state index in [0.717, 1.165) is 23.4 Å². The summed E-state index contributed by atoms with van der Waals surface area (Å²) in [6.07, 6.45) is 9.96. The molecule has 3 aliphatic rings. The predicted octanol–water partition coefficient (Wildman–Crippen LogP) is 4.82. The van der Waals surface area contributed by atoms with E-state index in [1.165, 1.54) is 50.5 Å². The van der Waals surface area contributed by atoms with E-state index in [1.807, 2.05) is 0 Å². The Bertz CT molecular complexity index is 547. The summed E-state index contributed by atoms with van der Waals surface area (Å²) in [5.41, 5.74) is 12.3. The van der Waals surface area contributed by atoms with Crippen LogP contribution in [0, 0.1) is 24.2 Å². The number of nitrogens with two attached hydrogens (primary N) is 1. The van der Waals surface area contributed by atoms with Crippen LogP contribution in [0.3, 0.4) is 0 Å². The van der Waals surface area contributed by atoms with Gasteiger partial charge in [-0.1, -0.05) is 19.4 Å². The molecule has 0 radical (unpaired) electrons. The Balaban J connectivity index is 1.74. The average Bonchev–Trinajstić information content (AvgIpc) is 2.82. The summed E-state index contributed by atoms with van der Waals surface area (Å²) >= 11 is 0. The van der Waals surface area contributed by atoms with Crippen molar-refractivity contribution in [3.8, 4) is 0 Å². The summed E-state index contributed by atoms with van der Waals surface area (Å²) in [5.74, 6) is 2.77. The fraction of sp³-hybridized carbons (Fsp3) is 0.684. The van der Waals surface area contributed by atoms with Gasteiger partial charge in [-0.25, -0.2) is 0 Å². The summed E-state index contributed by atoms with van der Waals surface area (Å²) in [5, 5.41) is 0. The maximum Gasteiger partial charge on any atom is 0.0346 e. The zero-order valence-corrected chi connectivity index (χ0v) is 12.9. The van der Waals surface area contributed by atoms with Gasteiger partial charge in [0.25, 0.3) is 0 Å². The van der Waals surface area contributed by atoms with Crippen molar-refractivity contribution in [3.63, 3.8) is 0 Å². The molecule has 0 heterocycles. The molecule has 4 rings (SSSR count). The first-order chi connectivity index (χ1) is 9.58. The molecule has 3 aliphatic carbocycles. The molecule has 0 amide bonds. The van der Waals surface area contributed by atoms with Crippen LogP contribution in [0.4, 0.5) is 5.69 Å². The van der Waals surface area contributed by atoms with E-state index in [1.54, 1.807) is 11.1 Å². The highest BCUT2D eigenvalue weighted by atomic mass is 14.6. The van der Waals surface area contributed by atoms with Crippen molar-refractivity contribution in [2.45, 2.75) is 64.7 Å². The first-order valence-corrected chi connectivity index (χ1v) is 8.47. The van der Waals surface area contributed by atoms with Crippen molar-refractivity contribution in [3.05, 3.63) is 28.8 Å². The van der Waals surface area contributed by atoms with E-state index in [-0.39, 0.29) is 0 Å². The Morgan fingerprint density at radius 2 is 2.00 bits per heavy atom. The maximum atomic E-state index is 6.12. The Morgan fingerprint density at radius 1 is 1.15 bits per heavy atom. The minimum absolute atomic E-state index is 0.668. The van der Waals surface area contributed by atoms with Crippen molar-refractivity contribution >= 4 is 5.69 Å². The minimum atomic E-state index is 0.668. The SMILES string of the molecule is Cc1cc2c(cc1N)CCC1C2CCC2(C)CCCC12. The van der Waals surface area contributed by atoms with Crippen LogP contribution in [0.25, 0.3) is 0 Å². The maximum absolute atomic E-state index is 6.12. The summed E-state index contributed by atoms with van der Waals surface area (Å²) in [6, 6.07) is 4.68. The number of rotatable bonds is 0. The van der Waals surface area contributed by atoms with Crippen molar-refractivity contribution in [1.82, 2.24) is 0 Å². The van der Waals surface area contributed by atoms with Gasteiger partial charge in [-0.15, -0.1) is 0 Å². The van der Waals surface area contributed by atoms with E-state index in [0.29, 0.717) is 5.41 Å². The highest BCUT2D eigenvalue weighted by Crippen LogP contribution is 2.60. The summed E-state index contributed by atoms with van der Waals surface area (Å²) in [6.45, 7) is 4.74. The molecule has 4 atom stereocenters. The molecular formula is C19H27N. The van der Waals surface area contributed by atoms with Gasteiger partial charge in [-0.2, -0.15) is 0 Å². The molecule has 2 N–H and O–H groups in total. The summed E-state index contributed by atoms with van der Waals surface area (Å²) in [4.78, 5) is 0. The molecule has 1 aromatic rings. The van der Waals surface area contributed by atoms with Gasteiger partial charge in [0.1, 0.15) is 0 Å². The van der Waals surface area contributed by atoms with Crippen LogP contribution < -0.4 is 5.73 Å². The van der Waals surface area contributed by atoms with E-state index < -0.39 is 0 Å². The lowest BCUT2D eigenvalue weighted by Crippen LogP contribution is -2.39. The van der Waals surface area contributed by atoms with Crippen molar-refractivity contribution in [1.29, 1.82) is 0 Å². The van der Waals surface area contributed by atoms with Crippen LogP contribution in [0.2, 0.25) is 0 Å². The third-order valence-corrected chi connectivity index (χ3v) is 6.89. The normalized spacial score (nSPS) is 39.0. The van der Waals surface area contributed by atoms with E-state index >= 15 is 0 Å². The number of anilines is 1. The van der Waals surface area contributed by atoms with E-state index in [2.05, 4.69) is 26.0 Å². The molecule has 1 nitrogen and oxygen atoms in total. The fourth-order valence-electron chi connectivity index (χ4n) is 5.75. The lowest BCUT2D eigenvalue weighted by Gasteiger charge is -2.49. The van der Waals surface area contributed by atoms with Crippen molar-refractivity contribution in [2.24, 2.45) is 17.3 Å². The second-order valence-corrected chi connectivity index (χ2v) is 7.91. The Labute approximate surface area is 122 Å². The molecule has 0 bridgehead atoms. The molecule has 4 unspecified atom stereocenters. The highest BCUT2D eigenvalue weighted by molar-refractivity contribution is 5.53. The molecule has 108 valence electrons. The number of hydrogen-bond donors (Lipinski definition) is 1. The standard InChI is InChI=1S/C19H27N/c1-12-10-16-13(11-18(12)20)5-6-15-14(16)7-9-19(2)8-3-4-17(15)19/h10-11,14-15,17H,3-9,20H2,1-2H3. The second-order valence-electron chi connectivity index (χ2n) is 7.91. The number of nitrogen functional groups attached to an aromatic ring is 1. The lowest BCUT2D eigenvalue weighted by atomic mass is 9.56. The number of aryl methyl sites for hydroxylation is 2. The van der Waals surface area contributed by atoms with Gasteiger partial charge in [-0.3, -0.25) is 0 Å². The molecule has 2 saturated carbocycles. The van der Waals surface area contributed by atoms with Crippen LogP contribution in [-0.2, 0) is 6.42 Å². The van der Waals surface area contributed by atoms with Crippen LogP contribution in [0.15, 0.2) is 12.1 Å². The zero-order valence-electron chi connectivity index (χ0n) is 12.9. The Hall–Kier alpha value is -0.980. The molecule has 0 aliphatic heterocycles. The molecule has 1 heteroatoms. The van der Waals surface area contributed by atoms with Crippen molar-refractivity contribution < 1.29 is 0 Å². The third-order valence-electron chi connectivity index (χ3n) is 6.89. The molecule has 0 spiro atoms. The van der Waals surface area contributed by atoms with E-state index in [4.69, 9.17) is 5.73 Å². The zero-order chi connectivity index (χ0) is 13.9. The molecule has 2 fully saturated rings. The molecule has 0 saturated heterocycles. The van der Waals surface area contributed by atoms with Gasteiger partial charge >= 0.3 is 0 Å². The van der Waals surface area contributed by atoms with Gasteiger partial charge in [0, 0.05) is 5.69 Å². The molecule has 0 aromatic heterocycles. The largest absolute Gasteiger partial charge is 0.399 e. The fourth-order valence-corrected chi connectivity index (χ4v) is 5.75. The Morgan fingerprint density at radius 3 is 2.85 bits per heavy atom. The second kappa shape index (κ2) is 4.26. The van der Waals surface area contributed by atoms with Gasteiger partial charge in [0.05, 0.1) is 0 Å². The van der Waals surface area contributed by atoms with Gasteiger partial charge in [0.15, 0.2) is 0 Å². The predicted molar refractivity (Wildman–Crippen MR) is 84.8 cm³/mol. The molecular weight excluding hydrogens is 242 g/mol. The van der Waals surface area contributed by atoms with E-state index in [9.17, 15) is 0 Å². The smallest absolute Gasteiger partial charge is 0.0346 e. The first kappa shape index (κ1) is 12.7. The third kappa shape index (κ3) is 1.68. The molecule has 1 aromatic carbocycles. The van der Waals surface area contributed by atoms with Crippen molar-refractivity contribution in [2.75, 3.05) is 5.73 Å². The van der Waals surface area contributed by atoms with Crippen LogP contribution in [0.1, 0.15) is 68.1 Å². The highest BCUT2D eigenvalue weighted by Gasteiger charge is 2.50. The molecule has 20 heavy (non-hydrogen) atoms. The number of hydrogen-bond acceptors (Lipinski definition) is 1. The van der Waals surface area contributed by atoms with Crippen LogP contribution in [-0.4, -0.2) is 0 Å².